The minimum Gasteiger partial charge on any atom is -0.379 e. The number of thioether (sulfide) groups is 1. The number of nitrogens with one attached hydrogen (secondary N) is 1. The Labute approximate surface area is 129 Å². The number of hydrogen-bond donors (Lipinski definition) is 1. The average Bonchev–Trinajstić information content (AvgIpc) is 2.46. The molecular formula is C15H33NO3S. The Morgan fingerprint density at radius 2 is 1.55 bits per heavy atom. The molecule has 0 spiro atoms. The second-order valence-electron chi connectivity index (χ2n) is 4.83. The Kier molecular flexibility index (Phi) is 17.4. The normalized spacial score (nSPS) is 12.8. The van der Waals surface area contributed by atoms with Crippen molar-refractivity contribution in [3.05, 3.63) is 0 Å². The molecule has 4 nitrogen and oxygen atoms in total. The van der Waals surface area contributed by atoms with Crippen LogP contribution < -0.4 is 5.32 Å². The van der Waals surface area contributed by atoms with Crippen molar-refractivity contribution in [3.8, 4) is 0 Å². The van der Waals surface area contributed by atoms with Crippen LogP contribution in [0.5, 0.6) is 0 Å². The predicted octanol–water partition coefficient (Wildman–Crippen LogP) is 2.57. The molecule has 1 unspecified atom stereocenters. The van der Waals surface area contributed by atoms with Crippen LogP contribution in [0.4, 0.5) is 0 Å². The summed E-state index contributed by atoms with van der Waals surface area (Å²) >= 11 is 1.89. The summed E-state index contributed by atoms with van der Waals surface area (Å²) in [5.74, 6) is 1.21. The van der Waals surface area contributed by atoms with Gasteiger partial charge in [0.05, 0.1) is 33.0 Å². The van der Waals surface area contributed by atoms with Gasteiger partial charge in [0, 0.05) is 19.2 Å². The van der Waals surface area contributed by atoms with Gasteiger partial charge in [0.1, 0.15) is 0 Å². The number of rotatable bonds is 16. The maximum absolute atomic E-state index is 5.50. The van der Waals surface area contributed by atoms with Crippen molar-refractivity contribution in [2.75, 3.05) is 58.2 Å². The highest BCUT2D eigenvalue weighted by atomic mass is 32.2. The van der Waals surface area contributed by atoms with Crippen molar-refractivity contribution in [2.45, 2.75) is 39.2 Å². The van der Waals surface area contributed by atoms with Crippen molar-refractivity contribution in [1.29, 1.82) is 0 Å². The molecule has 0 aromatic rings. The number of ether oxygens (including phenoxy) is 3. The highest BCUT2D eigenvalue weighted by molar-refractivity contribution is 7.98. The van der Waals surface area contributed by atoms with E-state index in [1.807, 2.05) is 11.8 Å². The van der Waals surface area contributed by atoms with Crippen molar-refractivity contribution < 1.29 is 14.2 Å². The quantitative estimate of drug-likeness (QED) is 0.444. The fourth-order valence-corrected chi connectivity index (χ4v) is 2.15. The molecule has 0 aliphatic heterocycles. The Morgan fingerprint density at radius 1 is 0.950 bits per heavy atom. The molecule has 0 radical (unpaired) electrons. The zero-order chi connectivity index (χ0) is 14.9. The van der Waals surface area contributed by atoms with Crippen molar-refractivity contribution in [2.24, 2.45) is 0 Å². The lowest BCUT2D eigenvalue weighted by Gasteiger charge is -2.13. The first-order chi connectivity index (χ1) is 9.81. The second-order valence-corrected chi connectivity index (χ2v) is 5.81. The molecule has 122 valence electrons. The third-order valence-corrected chi connectivity index (χ3v) is 3.52. The van der Waals surface area contributed by atoms with Gasteiger partial charge in [-0.15, -0.1) is 0 Å². The fourth-order valence-electron chi connectivity index (χ4n) is 1.56. The van der Waals surface area contributed by atoms with Crippen molar-refractivity contribution in [3.63, 3.8) is 0 Å². The fraction of sp³-hybridized carbons (Fsp3) is 1.00. The summed E-state index contributed by atoms with van der Waals surface area (Å²) in [5.41, 5.74) is 0. The maximum Gasteiger partial charge on any atom is 0.0701 e. The number of hydrogen-bond acceptors (Lipinski definition) is 5. The Balaban J connectivity index is 3.02. The van der Waals surface area contributed by atoms with Crippen LogP contribution in [-0.2, 0) is 14.2 Å². The minimum absolute atomic E-state index is 0.572. The zero-order valence-electron chi connectivity index (χ0n) is 13.5. The van der Waals surface area contributed by atoms with Crippen LogP contribution in [0.1, 0.15) is 33.1 Å². The lowest BCUT2D eigenvalue weighted by molar-refractivity contribution is 0.0144. The second kappa shape index (κ2) is 17.2. The molecule has 0 bridgehead atoms. The van der Waals surface area contributed by atoms with Crippen LogP contribution in [0.3, 0.4) is 0 Å². The summed E-state index contributed by atoms with van der Waals surface area (Å²) in [5, 5.41) is 3.45. The Bertz CT molecular complexity index is 185. The van der Waals surface area contributed by atoms with Gasteiger partial charge >= 0.3 is 0 Å². The van der Waals surface area contributed by atoms with Gasteiger partial charge in [-0.25, -0.2) is 0 Å². The van der Waals surface area contributed by atoms with Crippen LogP contribution in [0.15, 0.2) is 0 Å². The third-order valence-electron chi connectivity index (χ3n) is 2.88. The summed E-state index contributed by atoms with van der Waals surface area (Å²) in [6.45, 7) is 9.56. The van der Waals surface area contributed by atoms with E-state index in [9.17, 15) is 0 Å². The standard InChI is InChI=1S/C15H33NO3S/c1-4-5-8-17-10-12-19-13-11-18-9-7-16-15(2)6-14-20-3/h15-16H,4-14H2,1-3H3. The first kappa shape index (κ1) is 20.2. The first-order valence-electron chi connectivity index (χ1n) is 7.76. The van der Waals surface area contributed by atoms with Gasteiger partial charge in [0.25, 0.3) is 0 Å². The first-order valence-corrected chi connectivity index (χ1v) is 9.16. The van der Waals surface area contributed by atoms with E-state index in [0.29, 0.717) is 32.5 Å². The summed E-state index contributed by atoms with van der Waals surface area (Å²) in [6, 6.07) is 0.572. The highest BCUT2D eigenvalue weighted by Crippen LogP contribution is 1.99. The summed E-state index contributed by atoms with van der Waals surface area (Å²) in [7, 11) is 0. The van der Waals surface area contributed by atoms with Crippen LogP contribution >= 0.6 is 11.8 Å². The van der Waals surface area contributed by atoms with E-state index < -0.39 is 0 Å². The molecule has 0 fully saturated rings. The zero-order valence-corrected chi connectivity index (χ0v) is 14.3. The Morgan fingerprint density at radius 3 is 2.15 bits per heavy atom. The molecule has 0 amide bonds. The maximum atomic E-state index is 5.50. The van der Waals surface area contributed by atoms with Crippen LogP contribution in [-0.4, -0.2) is 64.2 Å². The molecule has 0 aliphatic carbocycles. The molecule has 0 aromatic heterocycles. The lowest BCUT2D eigenvalue weighted by Crippen LogP contribution is -2.30. The van der Waals surface area contributed by atoms with Crippen LogP contribution in [0.2, 0.25) is 0 Å². The SMILES string of the molecule is CCCCOCCOCCOCCNC(C)CCSC. The molecule has 1 N–H and O–H groups in total. The topological polar surface area (TPSA) is 39.7 Å². The van der Waals surface area contributed by atoms with Crippen LogP contribution in [0.25, 0.3) is 0 Å². The monoisotopic (exact) mass is 307 g/mol. The van der Waals surface area contributed by atoms with E-state index in [4.69, 9.17) is 14.2 Å². The molecule has 0 aliphatic rings. The Hall–Kier alpha value is 0.190. The molecule has 0 saturated heterocycles. The number of unbranched alkanes of at least 4 members (excludes halogenated alkanes) is 1. The highest BCUT2D eigenvalue weighted by Gasteiger charge is 1.99. The van der Waals surface area contributed by atoms with E-state index in [1.54, 1.807) is 0 Å². The molecule has 1 atom stereocenters. The summed E-state index contributed by atoms with van der Waals surface area (Å²) in [6.07, 6.45) is 5.66. The van der Waals surface area contributed by atoms with Crippen LogP contribution in [0, 0.1) is 0 Å². The average molecular weight is 308 g/mol. The van der Waals surface area contributed by atoms with Gasteiger partial charge < -0.3 is 19.5 Å². The molecule has 0 aromatic carbocycles. The van der Waals surface area contributed by atoms with Gasteiger partial charge in [-0.3, -0.25) is 0 Å². The van der Waals surface area contributed by atoms with Crippen molar-refractivity contribution in [1.82, 2.24) is 5.32 Å². The molecule has 20 heavy (non-hydrogen) atoms. The van der Waals surface area contributed by atoms with E-state index >= 15 is 0 Å². The molecule has 0 rings (SSSR count). The largest absolute Gasteiger partial charge is 0.379 e. The molecule has 0 saturated carbocycles. The van der Waals surface area contributed by atoms with Gasteiger partial charge in [0.15, 0.2) is 0 Å². The predicted molar refractivity (Wildman–Crippen MR) is 87.8 cm³/mol. The summed E-state index contributed by atoms with van der Waals surface area (Å²) < 4.78 is 16.3. The van der Waals surface area contributed by atoms with E-state index in [-0.39, 0.29) is 0 Å². The minimum atomic E-state index is 0.572. The van der Waals surface area contributed by atoms with Gasteiger partial charge in [0.2, 0.25) is 0 Å². The van der Waals surface area contributed by atoms with Crippen molar-refractivity contribution >= 4 is 11.8 Å². The van der Waals surface area contributed by atoms with Gasteiger partial charge in [-0.05, 0) is 31.8 Å². The van der Waals surface area contributed by atoms with Gasteiger partial charge in [-0.1, -0.05) is 13.3 Å². The van der Waals surface area contributed by atoms with E-state index in [2.05, 4.69) is 25.4 Å². The van der Waals surface area contributed by atoms with E-state index in [0.717, 1.165) is 26.2 Å². The lowest BCUT2D eigenvalue weighted by atomic mass is 10.2. The molecule has 0 heterocycles. The molecular weight excluding hydrogens is 274 g/mol. The van der Waals surface area contributed by atoms with Gasteiger partial charge in [-0.2, -0.15) is 11.8 Å². The smallest absolute Gasteiger partial charge is 0.0701 e. The summed E-state index contributed by atoms with van der Waals surface area (Å²) in [4.78, 5) is 0. The third kappa shape index (κ3) is 16.2. The molecule has 5 heteroatoms. The van der Waals surface area contributed by atoms with E-state index in [1.165, 1.54) is 18.6 Å².